The zero-order valence-electron chi connectivity index (χ0n) is 16.1. The first-order chi connectivity index (χ1) is 13.5. The van der Waals surface area contributed by atoms with Crippen LogP contribution in [0, 0.1) is 5.92 Å². The number of thiazole rings is 1. The summed E-state index contributed by atoms with van der Waals surface area (Å²) in [5, 5.41) is 10.0. The van der Waals surface area contributed by atoms with Crippen molar-refractivity contribution in [3.05, 3.63) is 70.2 Å². The Balaban J connectivity index is 1.87. The maximum Gasteiger partial charge on any atom is 0.303 e. The highest BCUT2D eigenvalue weighted by atomic mass is 32.1. The first kappa shape index (κ1) is 20.1. The van der Waals surface area contributed by atoms with E-state index in [4.69, 9.17) is 15.8 Å². The van der Waals surface area contributed by atoms with Gasteiger partial charge < -0.3 is 10.8 Å². The van der Waals surface area contributed by atoms with Gasteiger partial charge in [0.25, 0.3) is 0 Å². The van der Waals surface area contributed by atoms with Gasteiger partial charge in [0.2, 0.25) is 0 Å². The lowest BCUT2D eigenvalue weighted by molar-refractivity contribution is -0.136. The van der Waals surface area contributed by atoms with Crippen LogP contribution in [0.2, 0.25) is 0 Å². The molecular weight excluding hydrogens is 368 g/mol. The minimum absolute atomic E-state index is 0.105. The van der Waals surface area contributed by atoms with E-state index in [1.54, 1.807) is 11.3 Å². The third-order valence-corrected chi connectivity index (χ3v) is 6.17. The summed E-state index contributed by atoms with van der Waals surface area (Å²) in [6.07, 6.45) is 10.6. The predicted octanol–water partition coefficient (Wildman–Crippen LogP) is 5.54. The van der Waals surface area contributed by atoms with Gasteiger partial charge >= 0.3 is 5.97 Å². The number of carboxylic acid groups (broad SMARTS) is 1. The molecule has 0 fully saturated rings. The minimum atomic E-state index is -0.798. The second-order valence-electron chi connectivity index (χ2n) is 7.12. The van der Waals surface area contributed by atoms with Crippen LogP contribution in [-0.2, 0) is 11.2 Å². The summed E-state index contributed by atoms with van der Waals surface area (Å²) in [6, 6.07) is 7.71. The Morgan fingerprint density at radius 2 is 2.18 bits per heavy atom. The number of carbonyl (C=O) groups is 1. The predicted molar refractivity (Wildman–Crippen MR) is 117 cm³/mol. The van der Waals surface area contributed by atoms with Gasteiger partial charge in [-0.05, 0) is 36.5 Å². The fourth-order valence-corrected chi connectivity index (χ4v) is 4.68. The van der Waals surface area contributed by atoms with E-state index >= 15 is 0 Å². The molecule has 2 unspecified atom stereocenters. The standard InChI is InChI=1S/C23H26N2O2S/c1-3-7-16-12-13-20-23(15(16)2)25-21(28-20)14-17(8-6-11-22(26)27)18-9-4-5-10-19(18)24/h3-5,8-10,12-13,15-16H,1,6-7,11,14,24H2,2H3,(H,26,27)/b17-8-. The molecule has 5 heteroatoms. The van der Waals surface area contributed by atoms with Crippen molar-refractivity contribution in [3.63, 3.8) is 0 Å². The molecular formula is C23H26N2O2S. The van der Waals surface area contributed by atoms with Crippen LogP contribution >= 0.6 is 11.3 Å². The van der Waals surface area contributed by atoms with Crippen molar-refractivity contribution < 1.29 is 9.90 Å². The van der Waals surface area contributed by atoms with E-state index in [1.165, 1.54) is 4.88 Å². The van der Waals surface area contributed by atoms with Crippen molar-refractivity contribution in [2.24, 2.45) is 5.92 Å². The molecule has 4 nitrogen and oxygen atoms in total. The Labute approximate surface area is 170 Å². The number of rotatable bonds is 8. The Morgan fingerprint density at radius 3 is 2.89 bits per heavy atom. The number of nitrogens with zero attached hydrogens (tertiary/aromatic N) is 1. The fraction of sp³-hybridized carbons (Fsp3) is 0.304. The van der Waals surface area contributed by atoms with Crippen LogP contribution in [0.4, 0.5) is 5.69 Å². The van der Waals surface area contributed by atoms with Crippen molar-refractivity contribution >= 4 is 34.6 Å². The number of nitrogens with two attached hydrogens (primary N) is 1. The Hall–Kier alpha value is -2.66. The summed E-state index contributed by atoms with van der Waals surface area (Å²) < 4.78 is 0. The molecule has 0 bridgehead atoms. The molecule has 3 rings (SSSR count). The second kappa shape index (κ2) is 9.02. The number of nitrogen functional groups attached to an aromatic ring is 1. The molecule has 2 atom stereocenters. The molecule has 1 aliphatic carbocycles. The molecule has 0 spiro atoms. The molecule has 2 aromatic rings. The zero-order chi connectivity index (χ0) is 20.1. The van der Waals surface area contributed by atoms with Gasteiger partial charge in [-0.25, -0.2) is 4.98 Å². The van der Waals surface area contributed by atoms with Crippen LogP contribution < -0.4 is 5.73 Å². The lowest BCUT2D eigenvalue weighted by atomic mass is 9.84. The largest absolute Gasteiger partial charge is 0.481 e. The van der Waals surface area contributed by atoms with Crippen LogP contribution in [0.3, 0.4) is 0 Å². The third kappa shape index (κ3) is 4.60. The summed E-state index contributed by atoms with van der Waals surface area (Å²) in [5.74, 6) is 0.00750. The third-order valence-electron chi connectivity index (χ3n) is 5.13. The molecule has 1 aromatic heterocycles. The van der Waals surface area contributed by atoms with Gasteiger partial charge in [0.1, 0.15) is 0 Å². The van der Waals surface area contributed by atoms with E-state index in [0.29, 0.717) is 30.4 Å². The fourth-order valence-electron chi connectivity index (χ4n) is 3.57. The first-order valence-corrected chi connectivity index (χ1v) is 10.4. The van der Waals surface area contributed by atoms with Crippen molar-refractivity contribution in [2.75, 3.05) is 5.73 Å². The second-order valence-corrected chi connectivity index (χ2v) is 8.23. The van der Waals surface area contributed by atoms with Crippen molar-refractivity contribution in [1.29, 1.82) is 0 Å². The number of hydrogen-bond donors (Lipinski definition) is 2. The van der Waals surface area contributed by atoms with E-state index in [9.17, 15) is 4.79 Å². The summed E-state index contributed by atoms with van der Waals surface area (Å²) >= 11 is 1.71. The van der Waals surface area contributed by atoms with Crippen molar-refractivity contribution in [2.45, 2.75) is 38.5 Å². The Morgan fingerprint density at radius 1 is 1.39 bits per heavy atom. The van der Waals surface area contributed by atoms with Gasteiger partial charge in [0.15, 0.2) is 0 Å². The van der Waals surface area contributed by atoms with Gasteiger partial charge in [-0.3, -0.25) is 4.79 Å². The molecule has 0 saturated heterocycles. The normalized spacial score (nSPS) is 18.7. The molecule has 1 aliphatic rings. The molecule has 0 radical (unpaired) electrons. The summed E-state index contributed by atoms with van der Waals surface area (Å²) in [6.45, 7) is 6.08. The molecule has 0 saturated carbocycles. The number of aliphatic carboxylic acids is 1. The number of aromatic nitrogens is 1. The van der Waals surface area contributed by atoms with E-state index < -0.39 is 5.97 Å². The zero-order valence-corrected chi connectivity index (χ0v) is 16.9. The molecule has 0 amide bonds. The number of hydrogen-bond acceptors (Lipinski definition) is 4. The maximum atomic E-state index is 10.9. The van der Waals surface area contributed by atoms with Gasteiger partial charge in [-0.2, -0.15) is 0 Å². The summed E-state index contributed by atoms with van der Waals surface area (Å²) in [7, 11) is 0. The topological polar surface area (TPSA) is 76.2 Å². The van der Waals surface area contributed by atoms with E-state index in [0.717, 1.165) is 28.3 Å². The van der Waals surface area contributed by atoms with E-state index in [-0.39, 0.29) is 6.42 Å². The number of benzene rings is 1. The minimum Gasteiger partial charge on any atom is -0.481 e. The highest BCUT2D eigenvalue weighted by molar-refractivity contribution is 7.12. The highest BCUT2D eigenvalue weighted by Crippen LogP contribution is 2.39. The van der Waals surface area contributed by atoms with Gasteiger partial charge in [0.05, 0.1) is 15.6 Å². The molecule has 1 heterocycles. The first-order valence-electron chi connectivity index (χ1n) is 9.54. The SMILES string of the molecule is C=CCC1C=Cc2sc(C/C(=C/CCC(=O)O)c3ccccc3N)nc2C1C. The number of anilines is 1. The van der Waals surface area contributed by atoms with Crippen molar-refractivity contribution in [3.8, 4) is 0 Å². The van der Waals surface area contributed by atoms with Gasteiger partial charge in [-0.15, -0.1) is 17.9 Å². The molecule has 28 heavy (non-hydrogen) atoms. The molecule has 1 aromatic carbocycles. The lowest BCUT2D eigenvalue weighted by Crippen LogP contribution is -2.11. The van der Waals surface area contributed by atoms with Crippen LogP contribution in [0.1, 0.15) is 53.2 Å². The monoisotopic (exact) mass is 394 g/mol. The van der Waals surface area contributed by atoms with E-state index in [1.807, 2.05) is 36.4 Å². The molecule has 146 valence electrons. The van der Waals surface area contributed by atoms with Crippen LogP contribution in [-0.4, -0.2) is 16.1 Å². The van der Waals surface area contributed by atoms with Gasteiger partial charge in [0, 0.05) is 30.0 Å². The summed E-state index contributed by atoms with van der Waals surface area (Å²) in [5.41, 5.74) is 10.0. The lowest BCUT2D eigenvalue weighted by Gasteiger charge is -2.22. The van der Waals surface area contributed by atoms with E-state index in [2.05, 4.69) is 25.7 Å². The average Bonchev–Trinajstić information content (AvgIpc) is 3.07. The maximum absolute atomic E-state index is 10.9. The number of fused-ring (bicyclic) bond motifs is 1. The van der Waals surface area contributed by atoms with Crippen LogP contribution in [0.5, 0.6) is 0 Å². The van der Waals surface area contributed by atoms with Crippen molar-refractivity contribution in [1.82, 2.24) is 4.98 Å². The van der Waals surface area contributed by atoms with Crippen LogP contribution in [0.15, 0.2) is 49.1 Å². The molecule has 0 aliphatic heterocycles. The highest BCUT2D eigenvalue weighted by Gasteiger charge is 2.25. The quantitative estimate of drug-likeness (QED) is 0.455. The Kier molecular flexibility index (Phi) is 6.47. The van der Waals surface area contributed by atoms with Crippen LogP contribution in [0.25, 0.3) is 11.6 Å². The van der Waals surface area contributed by atoms with Gasteiger partial charge in [-0.1, -0.05) is 43.4 Å². The average molecular weight is 395 g/mol. The number of carboxylic acids is 1. The summed E-state index contributed by atoms with van der Waals surface area (Å²) in [4.78, 5) is 17.1. The number of para-hydroxylation sites is 1. The smallest absolute Gasteiger partial charge is 0.303 e. The Bertz CT molecular complexity index is 926. The number of allylic oxidation sites excluding steroid dienone is 4. The molecule has 3 N–H and O–H groups in total.